The van der Waals surface area contributed by atoms with Gasteiger partial charge in [-0.05, 0) is 31.1 Å². The van der Waals surface area contributed by atoms with E-state index in [1.54, 1.807) is 0 Å². The summed E-state index contributed by atoms with van der Waals surface area (Å²) in [6.07, 6.45) is 2.03. The van der Waals surface area contributed by atoms with Crippen molar-refractivity contribution < 1.29 is 9.53 Å². The van der Waals surface area contributed by atoms with Gasteiger partial charge in [0, 0.05) is 0 Å². The molecule has 0 aromatic rings. The number of carbonyl (C=O) groups excluding carboxylic acids is 1. The molecule has 2 nitrogen and oxygen atoms in total. The van der Waals surface area contributed by atoms with Crippen LogP contribution in [0.15, 0.2) is 0 Å². The van der Waals surface area contributed by atoms with Gasteiger partial charge < -0.3 is 4.74 Å². The van der Waals surface area contributed by atoms with Crippen LogP contribution in [-0.2, 0) is 9.53 Å². The lowest BCUT2D eigenvalue weighted by atomic mass is 9.63. The van der Waals surface area contributed by atoms with Gasteiger partial charge in [-0.25, -0.2) is 0 Å². The van der Waals surface area contributed by atoms with Crippen LogP contribution < -0.4 is 0 Å². The Hall–Kier alpha value is -0.530. The van der Waals surface area contributed by atoms with E-state index in [-0.39, 0.29) is 11.9 Å². The normalized spacial score (nSPS) is 28.0. The number of hydrogen-bond acceptors (Lipinski definition) is 2. The van der Waals surface area contributed by atoms with E-state index in [0.29, 0.717) is 17.9 Å². The summed E-state index contributed by atoms with van der Waals surface area (Å²) in [7, 11) is 0. The Morgan fingerprint density at radius 1 is 1.38 bits per heavy atom. The van der Waals surface area contributed by atoms with Crippen LogP contribution in [0.3, 0.4) is 0 Å². The fraction of sp³-hybridized carbons (Fsp3) is 0.909. The summed E-state index contributed by atoms with van der Waals surface area (Å²) in [6.45, 7) is 9.07. The van der Waals surface area contributed by atoms with Gasteiger partial charge in [0.25, 0.3) is 0 Å². The fourth-order valence-electron chi connectivity index (χ4n) is 1.78. The molecule has 0 saturated heterocycles. The van der Waals surface area contributed by atoms with Gasteiger partial charge in [0.1, 0.15) is 0 Å². The van der Waals surface area contributed by atoms with Crippen LogP contribution >= 0.6 is 0 Å². The molecule has 0 heterocycles. The highest BCUT2D eigenvalue weighted by Gasteiger charge is 2.41. The second-order valence-electron chi connectivity index (χ2n) is 4.98. The maximum absolute atomic E-state index is 11.3. The number of rotatable bonds is 2. The first kappa shape index (κ1) is 10.6. The molecule has 0 N–H and O–H groups in total. The maximum atomic E-state index is 11.3. The molecular formula is C11H20O2. The van der Waals surface area contributed by atoms with Crippen molar-refractivity contribution in [3.63, 3.8) is 0 Å². The molecule has 0 aromatic heterocycles. The highest BCUT2D eigenvalue weighted by molar-refractivity contribution is 5.73. The number of hydrogen-bond donors (Lipinski definition) is 0. The lowest BCUT2D eigenvalue weighted by Gasteiger charge is -2.42. The van der Waals surface area contributed by atoms with Crippen molar-refractivity contribution in [1.82, 2.24) is 0 Å². The summed E-state index contributed by atoms with van der Waals surface area (Å²) in [6, 6.07) is 0. The monoisotopic (exact) mass is 184 g/mol. The van der Waals surface area contributed by atoms with E-state index >= 15 is 0 Å². The lowest BCUT2D eigenvalue weighted by molar-refractivity contribution is -0.154. The summed E-state index contributed by atoms with van der Waals surface area (Å²) >= 11 is 0. The molecule has 1 aliphatic rings. The van der Waals surface area contributed by atoms with E-state index in [0.717, 1.165) is 12.8 Å². The van der Waals surface area contributed by atoms with Crippen molar-refractivity contribution in [3.05, 3.63) is 0 Å². The Labute approximate surface area is 80.7 Å². The van der Waals surface area contributed by atoms with Crippen LogP contribution in [0.1, 0.15) is 40.5 Å². The number of esters is 1. The summed E-state index contributed by atoms with van der Waals surface area (Å²) in [5, 5.41) is 0. The van der Waals surface area contributed by atoms with Crippen LogP contribution in [0.4, 0.5) is 0 Å². The average molecular weight is 184 g/mol. The van der Waals surface area contributed by atoms with Crippen LogP contribution in [0.25, 0.3) is 0 Å². The molecule has 0 bridgehead atoms. The van der Waals surface area contributed by atoms with Gasteiger partial charge in [-0.1, -0.05) is 20.8 Å². The van der Waals surface area contributed by atoms with Crippen molar-refractivity contribution in [3.8, 4) is 0 Å². The van der Waals surface area contributed by atoms with E-state index in [9.17, 15) is 4.79 Å². The van der Waals surface area contributed by atoms with E-state index in [1.807, 2.05) is 6.92 Å². The molecule has 1 saturated carbocycles. The number of ether oxygens (including phenoxy) is 1. The van der Waals surface area contributed by atoms with Crippen LogP contribution in [0, 0.1) is 17.3 Å². The van der Waals surface area contributed by atoms with Gasteiger partial charge in [0.05, 0.1) is 12.5 Å². The lowest BCUT2D eigenvalue weighted by Crippen LogP contribution is -2.38. The SMILES string of the molecule is CCOC(=O)C1CC(C(C)(C)C)C1. The third-order valence-corrected chi connectivity index (χ3v) is 2.98. The Morgan fingerprint density at radius 3 is 2.31 bits per heavy atom. The third-order valence-electron chi connectivity index (χ3n) is 2.98. The van der Waals surface area contributed by atoms with Crippen molar-refractivity contribution in [2.24, 2.45) is 17.3 Å². The molecule has 2 heteroatoms. The third kappa shape index (κ3) is 2.45. The molecule has 0 amide bonds. The number of carbonyl (C=O) groups is 1. The van der Waals surface area contributed by atoms with Crippen LogP contribution in [-0.4, -0.2) is 12.6 Å². The van der Waals surface area contributed by atoms with Gasteiger partial charge in [0.2, 0.25) is 0 Å². The molecule has 0 spiro atoms. The molecule has 1 rings (SSSR count). The zero-order valence-electron chi connectivity index (χ0n) is 9.09. The summed E-state index contributed by atoms with van der Waals surface area (Å²) in [4.78, 5) is 11.3. The average Bonchev–Trinajstić information content (AvgIpc) is 1.79. The molecule has 0 radical (unpaired) electrons. The Bertz CT molecular complexity index is 185. The standard InChI is InChI=1S/C11H20O2/c1-5-13-10(12)8-6-9(7-8)11(2,3)4/h8-9H,5-7H2,1-4H3. The van der Waals surface area contributed by atoms with Gasteiger partial charge in [-0.3, -0.25) is 4.79 Å². The topological polar surface area (TPSA) is 26.3 Å². The molecule has 13 heavy (non-hydrogen) atoms. The van der Waals surface area contributed by atoms with Gasteiger partial charge in [-0.15, -0.1) is 0 Å². The summed E-state index contributed by atoms with van der Waals surface area (Å²) < 4.78 is 4.97. The van der Waals surface area contributed by atoms with E-state index < -0.39 is 0 Å². The fourth-order valence-corrected chi connectivity index (χ4v) is 1.78. The second kappa shape index (κ2) is 3.69. The zero-order chi connectivity index (χ0) is 10.1. The largest absolute Gasteiger partial charge is 0.466 e. The Kier molecular flexibility index (Phi) is 2.99. The minimum absolute atomic E-state index is 0.00278. The van der Waals surface area contributed by atoms with Crippen molar-refractivity contribution in [2.45, 2.75) is 40.5 Å². The van der Waals surface area contributed by atoms with Gasteiger partial charge in [0.15, 0.2) is 0 Å². The molecule has 1 fully saturated rings. The molecule has 1 aliphatic carbocycles. The highest BCUT2D eigenvalue weighted by atomic mass is 16.5. The molecule has 0 unspecified atom stereocenters. The molecule has 0 aliphatic heterocycles. The van der Waals surface area contributed by atoms with Crippen molar-refractivity contribution in [1.29, 1.82) is 0 Å². The van der Waals surface area contributed by atoms with Crippen LogP contribution in [0.5, 0.6) is 0 Å². The van der Waals surface area contributed by atoms with Gasteiger partial charge in [-0.2, -0.15) is 0 Å². The van der Waals surface area contributed by atoms with Crippen molar-refractivity contribution >= 4 is 5.97 Å². The molecule has 76 valence electrons. The first-order chi connectivity index (χ1) is 5.95. The smallest absolute Gasteiger partial charge is 0.308 e. The molecular weight excluding hydrogens is 164 g/mol. The first-order valence-electron chi connectivity index (χ1n) is 5.11. The zero-order valence-corrected chi connectivity index (χ0v) is 9.09. The Balaban J connectivity index is 2.29. The summed E-state index contributed by atoms with van der Waals surface area (Å²) in [5.41, 5.74) is 0.350. The van der Waals surface area contributed by atoms with E-state index in [1.165, 1.54) is 0 Å². The van der Waals surface area contributed by atoms with Crippen LogP contribution in [0.2, 0.25) is 0 Å². The minimum atomic E-state index is 0.00278. The highest BCUT2D eigenvalue weighted by Crippen LogP contribution is 2.45. The predicted octanol–water partition coefficient (Wildman–Crippen LogP) is 2.62. The summed E-state index contributed by atoms with van der Waals surface area (Å²) in [5.74, 6) is 0.883. The molecule has 0 aromatic carbocycles. The minimum Gasteiger partial charge on any atom is -0.466 e. The van der Waals surface area contributed by atoms with Gasteiger partial charge >= 0.3 is 5.97 Å². The van der Waals surface area contributed by atoms with Crippen molar-refractivity contribution in [2.75, 3.05) is 6.61 Å². The van der Waals surface area contributed by atoms with E-state index in [4.69, 9.17) is 4.74 Å². The maximum Gasteiger partial charge on any atom is 0.308 e. The van der Waals surface area contributed by atoms with E-state index in [2.05, 4.69) is 20.8 Å². The molecule has 0 atom stereocenters. The Morgan fingerprint density at radius 2 is 1.92 bits per heavy atom. The second-order valence-corrected chi connectivity index (χ2v) is 4.98. The first-order valence-corrected chi connectivity index (χ1v) is 5.11. The predicted molar refractivity (Wildman–Crippen MR) is 52.3 cm³/mol. The quantitative estimate of drug-likeness (QED) is 0.617.